The number of benzene rings is 1. The quantitative estimate of drug-likeness (QED) is 0.478. The lowest BCUT2D eigenvalue weighted by Crippen LogP contribution is -2.40. The van der Waals surface area contributed by atoms with E-state index in [4.69, 9.17) is 9.73 Å². The normalized spacial score (nSPS) is 17.7. The van der Waals surface area contributed by atoms with Crippen LogP contribution in [-0.2, 0) is 11.2 Å². The number of anilines is 1. The highest BCUT2D eigenvalue weighted by atomic mass is 16.5. The number of nitrogens with zero attached hydrogens (tertiary/aromatic N) is 2. The predicted molar refractivity (Wildman–Crippen MR) is 91.6 cm³/mol. The Morgan fingerprint density at radius 3 is 3.05 bits per heavy atom. The van der Waals surface area contributed by atoms with Crippen LogP contribution in [0.4, 0.5) is 5.69 Å². The number of nitrogens with one attached hydrogen (secondary N) is 1. The molecule has 0 atom stereocenters. The first kappa shape index (κ1) is 15.3. The number of aliphatic imine (C=N–C) groups is 1. The Kier molecular flexibility index (Phi) is 5.33. The average Bonchev–Trinajstić information content (AvgIpc) is 3.27. The second kappa shape index (κ2) is 7.63. The zero-order chi connectivity index (χ0) is 15.2. The van der Waals surface area contributed by atoms with Gasteiger partial charge < -0.3 is 15.0 Å². The first-order chi connectivity index (χ1) is 10.9. The fraction of sp³-hybridized carbons (Fsp3) is 0.611. The van der Waals surface area contributed by atoms with Gasteiger partial charge in [0, 0.05) is 38.5 Å². The van der Waals surface area contributed by atoms with Crippen LogP contribution in [0.25, 0.3) is 0 Å². The van der Waals surface area contributed by atoms with Gasteiger partial charge in [0.25, 0.3) is 0 Å². The monoisotopic (exact) mass is 301 g/mol. The summed E-state index contributed by atoms with van der Waals surface area (Å²) in [6.07, 6.45) is 4.82. The fourth-order valence-corrected chi connectivity index (χ4v) is 2.84. The van der Waals surface area contributed by atoms with Gasteiger partial charge in [-0.1, -0.05) is 18.2 Å². The van der Waals surface area contributed by atoms with Crippen molar-refractivity contribution in [2.24, 2.45) is 10.9 Å². The average molecular weight is 301 g/mol. The van der Waals surface area contributed by atoms with E-state index in [1.165, 1.54) is 24.1 Å². The number of hydrogen-bond acceptors (Lipinski definition) is 2. The van der Waals surface area contributed by atoms with Crippen molar-refractivity contribution in [3.63, 3.8) is 0 Å². The van der Waals surface area contributed by atoms with Crippen LogP contribution >= 0.6 is 0 Å². The van der Waals surface area contributed by atoms with E-state index in [9.17, 15) is 0 Å². The number of hydrogen-bond donors (Lipinski definition) is 1. The first-order valence-corrected chi connectivity index (χ1v) is 8.60. The van der Waals surface area contributed by atoms with E-state index < -0.39 is 0 Å². The van der Waals surface area contributed by atoms with Gasteiger partial charge in [0.15, 0.2) is 5.96 Å². The van der Waals surface area contributed by atoms with E-state index >= 15 is 0 Å². The molecule has 1 fully saturated rings. The zero-order valence-corrected chi connectivity index (χ0v) is 13.6. The standard InChI is InChI=1S/C18H27N3O/c1-2-19-18(20-11-5-13-22-14-15-8-9-15)21-12-10-16-6-3-4-7-17(16)21/h3-4,6-7,15H,2,5,8-14H2,1H3,(H,19,20). The minimum Gasteiger partial charge on any atom is -0.381 e. The Bertz CT molecular complexity index is 511. The first-order valence-electron chi connectivity index (χ1n) is 8.60. The van der Waals surface area contributed by atoms with E-state index in [0.29, 0.717) is 0 Å². The summed E-state index contributed by atoms with van der Waals surface area (Å²) >= 11 is 0. The third-order valence-corrected chi connectivity index (χ3v) is 4.24. The Labute approximate surface area is 133 Å². The van der Waals surface area contributed by atoms with Crippen LogP contribution in [0.15, 0.2) is 29.3 Å². The molecule has 0 radical (unpaired) electrons. The lowest BCUT2D eigenvalue weighted by molar-refractivity contribution is 0.123. The molecule has 1 aromatic rings. The van der Waals surface area contributed by atoms with Gasteiger partial charge in [-0.2, -0.15) is 0 Å². The molecule has 1 N–H and O–H groups in total. The largest absolute Gasteiger partial charge is 0.381 e. The smallest absolute Gasteiger partial charge is 0.198 e. The van der Waals surface area contributed by atoms with Crippen LogP contribution in [0.1, 0.15) is 31.7 Å². The molecule has 0 saturated heterocycles. The summed E-state index contributed by atoms with van der Waals surface area (Å²) in [5, 5.41) is 3.42. The molecule has 0 bridgehead atoms. The van der Waals surface area contributed by atoms with Crippen molar-refractivity contribution >= 4 is 11.6 Å². The minimum absolute atomic E-state index is 0.825. The third kappa shape index (κ3) is 4.01. The molecular formula is C18H27N3O. The molecule has 0 amide bonds. The van der Waals surface area contributed by atoms with E-state index in [1.54, 1.807) is 0 Å². The Morgan fingerprint density at radius 1 is 1.36 bits per heavy atom. The van der Waals surface area contributed by atoms with Gasteiger partial charge in [0.2, 0.25) is 0 Å². The molecular weight excluding hydrogens is 274 g/mol. The third-order valence-electron chi connectivity index (χ3n) is 4.24. The predicted octanol–water partition coefficient (Wildman–Crippen LogP) is 2.83. The lowest BCUT2D eigenvalue weighted by Gasteiger charge is -2.22. The summed E-state index contributed by atoms with van der Waals surface area (Å²) in [6.45, 7) is 6.64. The molecule has 2 aliphatic rings. The van der Waals surface area contributed by atoms with Crippen molar-refractivity contribution in [1.29, 1.82) is 0 Å². The van der Waals surface area contributed by atoms with Gasteiger partial charge in [0.1, 0.15) is 0 Å². The maximum atomic E-state index is 5.68. The molecule has 4 nitrogen and oxygen atoms in total. The van der Waals surface area contributed by atoms with Crippen molar-refractivity contribution in [2.75, 3.05) is 37.7 Å². The molecule has 0 aromatic heterocycles. The topological polar surface area (TPSA) is 36.9 Å². The number of rotatable bonds is 7. The van der Waals surface area contributed by atoms with Gasteiger partial charge >= 0.3 is 0 Å². The number of guanidine groups is 1. The highest BCUT2D eigenvalue weighted by Crippen LogP contribution is 2.29. The second-order valence-electron chi connectivity index (χ2n) is 6.14. The van der Waals surface area contributed by atoms with Gasteiger partial charge in [-0.05, 0) is 50.2 Å². The van der Waals surface area contributed by atoms with Crippen LogP contribution in [0.3, 0.4) is 0 Å². The molecule has 1 aliphatic heterocycles. The maximum absolute atomic E-state index is 5.68. The van der Waals surface area contributed by atoms with Crippen LogP contribution in [0.5, 0.6) is 0 Å². The molecule has 1 saturated carbocycles. The molecule has 0 unspecified atom stereocenters. The molecule has 1 aliphatic carbocycles. The fourth-order valence-electron chi connectivity index (χ4n) is 2.84. The van der Waals surface area contributed by atoms with E-state index in [1.807, 2.05) is 0 Å². The number of para-hydroxylation sites is 1. The number of ether oxygens (including phenoxy) is 1. The van der Waals surface area contributed by atoms with Gasteiger partial charge in [-0.15, -0.1) is 0 Å². The van der Waals surface area contributed by atoms with Crippen molar-refractivity contribution < 1.29 is 4.74 Å². The molecule has 1 aromatic carbocycles. The summed E-state index contributed by atoms with van der Waals surface area (Å²) in [5.74, 6) is 1.86. The Balaban J connectivity index is 1.51. The maximum Gasteiger partial charge on any atom is 0.198 e. The summed E-state index contributed by atoms with van der Waals surface area (Å²) in [6, 6.07) is 8.62. The van der Waals surface area contributed by atoms with Crippen LogP contribution in [-0.4, -0.2) is 38.8 Å². The molecule has 4 heteroatoms. The molecule has 22 heavy (non-hydrogen) atoms. The summed E-state index contributed by atoms with van der Waals surface area (Å²) in [7, 11) is 0. The van der Waals surface area contributed by atoms with Crippen LogP contribution in [0.2, 0.25) is 0 Å². The van der Waals surface area contributed by atoms with Gasteiger partial charge in [0.05, 0.1) is 0 Å². The lowest BCUT2D eigenvalue weighted by atomic mass is 10.2. The van der Waals surface area contributed by atoms with Gasteiger partial charge in [-0.3, -0.25) is 4.99 Å². The summed E-state index contributed by atoms with van der Waals surface area (Å²) in [4.78, 5) is 7.09. The Hall–Kier alpha value is -1.55. The van der Waals surface area contributed by atoms with Crippen LogP contribution < -0.4 is 10.2 Å². The SMILES string of the molecule is CCNC(=NCCCOCC1CC1)N1CCc2ccccc21. The van der Waals surface area contributed by atoms with Crippen molar-refractivity contribution in [2.45, 2.75) is 32.6 Å². The number of fused-ring (bicyclic) bond motifs is 1. The zero-order valence-electron chi connectivity index (χ0n) is 13.6. The van der Waals surface area contributed by atoms with E-state index in [2.05, 4.69) is 41.4 Å². The second-order valence-corrected chi connectivity index (χ2v) is 6.14. The Morgan fingerprint density at radius 2 is 2.23 bits per heavy atom. The van der Waals surface area contributed by atoms with E-state index in [-0.39, 0.29) is 0 Å². The minimum atomic E-state index is 0.825. The highest BCUT2D eigenvalue weighted by molar-refractivity contribution is 5.97. The summed E-state index contributed by atoms with van der Waals surface area (Å²) in [5.41, 5.74) is 2.72. The molecule has 0 spiro atoms. The van der Waals surface area contributed by atoms with Crippen molar-refractivity contribution in [3.8, 4) is 0 Å². The van der Waals surface area contributed by atoms with Crippen LogP contribution in [0, 0.1) is 5.92 Å². The highest BCUT2D eigenvalue weighted by Gasteiger charge is 2.22. The molecule has 3 rings (SSSR count). The van der Waals surface area contributed by atoms with E-state index in [0.717, 1.165) is 57.6 Å². The summed E-state index contributed by atoms with van der Waals surface area (Å²) < 4.78 is 5.68. The molecule has 120 valence electrons. The van der Waals surface area contributed by atoms with Crippen molar-refractivity contribution in [1.82, 2.24) is 5.32 Å². The van der Waals surface area contributed by atoms with Crippen molar-refractivity contribution in [3.05, 3.63) is 29.8 Å². The van der Waals surface area contributed by atoms with Gasteiger partial charge in [-0.25, -0.2) is 0 Å². The molecule has 1 heterocycles.